The van der Waals surface area contributed by atoms with Crippen molar-refractivity contribution in [2.75, 3.05) is 20.7 Å². The molecule has 0 bridgehead atoms. The summed E-state index contributed by atoms with van der Waals surface area (Å²) in [6.07, 6.45) is -0.0482. The van der Waals surface area contributed by atoms with Crippen molar-refractivity contribution in [3.05, 3.63) is 29.3 Å². The van der Waals surface area contributed by atoms with Crippen LogP contribution in [0.4, 0.5) is 0 Å². The molecule has 0 radical (unpaired) electrons. The number of hydrogen-bond acceptors (Lipinski definition) is 3. The van der Waals surface area contributed by atoms with Crippen molar-refractivity contribution >= 4 is 5.97 Å². The molecule has 0 aliphatic heterocycles. The zero-order valence-corrected chi connectivity index (χ0v) is 9.91. The minimum Gasteiger partial charge on any atom is -0.496 e. The summed E-state index contributed by atoms with van der Waals surface area (Å²) >= 11 is 0. The number of ether oxygens (including phenoxy) is 1. The molecule has 0 amide bonds. The molecule has 90 valence electrons. The molecule has 2 N–H and O–H groups in total. The first-order chi connectivity index (χ1) is 8.17. The van der Waals surface area contributed by atoms with Crippen LogP contribution >= 0.6 is 0 Å². The van der Waals surface area contributed by atoms with Gasteiger partial charge in [0.1, 0.15) is 5.75 Å². The lowest BCUT2D eigenvalue weighted by atomic mass is 10.1. The Kier molecular flexibility index (Phi) is 5.05. The first kappa shape index (κ1) is 13.1. The molecule has 0 unspecified atom stereocenters. The molecular weight excluding hydrogens is 218 g/mol. The summed E-state index contributed by atoms with van der Waals surface area (Å²) in [5, 5.41) is 11.7. The van der Waals surface area contributed by atoms with E-state index in [0.29, 0.717) is 17.9 Å². The van der Waals surface area contributed by atoms with Crippen LogP contribution in [0.15, 0.2) is 18.2 Å². The standard InChI is InChI=1S/C13H15NO3/c1-14-7-3-4-10-5-6-11(9-13(15)16)12(8-10)17-2/h5-6,8,14H,7,9H2,1-2H3,(H,15,16). The maximum absolute atomic E-state index is 10.6. The van der Waals surface area contributed by atoms with Gasteiger partial charge in [0.05, 0.1) is 20.1 Å². The van der Waals surface area contributed by atoms with Gasteiger partial charge in [0.2, 0.25) is 0 Å². The zero-order valence-electron chi connectivity index (χ0n) is 9.91. The van der Waals surface area contributed by atoms with Crippen LogP contribution in [-0.2, 0) is 11.2 Å². The van der Waals surface area contributed by atoms with Gasteiger partial charge >= 0.3 is 5.97 Å². The number of rotatable bonds is 4. The first-order valence-electron chi connectivity index (χ1n) is 5.19. The highest BCUT2D eigenvalue weighted by Gasteiger charge is 2.07. The van der Waals surface area contributed by atoms with E-state index in [1.807, 2.05) is 7.05 Å². The summed E-state index contributed by atoms with van der Waals surface area (Å²) < 4.78 is 5.15. The molecule has 1 rings (SSSR count). The third-order valence-electron chi connectivity index (χ3n) is 2.13. The van der Waals surface area contributed by atoms with Gasteiger partial charge in [-0.15, -0.1) is 0 Å². The van der Waals surface area contributed by atoms with Gasteiger partial charge in [0.15, 0.2) is 0 Å². The van der Waals surface area contributed by atoms with Gasteiger partial charge in [0, 0.05) is 11.1 Å². The number of carboxylic acid groups (broad SMARTS) is 1. The second kappa shape index (κ2) is 6.56. The minimum atomic E-state index is -0.877. The van der Waals surface area contributed by atoms with E-state index in [9.17, 15) is 4.79 Å². The van der Waals surface area contributed by atoms with Gasteiger partial charge in [0.25, 0.3) is 0 Å². The number of nitrogens with one attached hydrogen (secondary N) is 1. The Bertz CT molecular complexity index is 457. The normalized spacial score (nSPS) is 9.29. The van der Waals surface area contributed by atoms with Gasteiger partial charge < -0.3 is 15.2 Å². The van der Waals surface area contributed by atoms with Crippen LogP contribution < -0.4 is 10.1 Å². The summed E-state index contributed by atoms with van der Waals surface area (Å²) in [4.78, 5) is 10.6. The van der Waals surface area contributed by atoms with Crippen molar-refractivity contribution in [3.63, 3.8) is 0 Å². The summed E-state index contributed by atoms with van der Waals surface area (Å²) in [7, 11) is 3.34. The predicted octanol–water partition coefficient (Wildman–Crippen LogP) is 0.893. The number of carbonyl (C=O) groups is 1. The van der Waals surface area contributed by atoms with Crippen LogP contribution in [0.2, 0.25) is 0 Å². The Hall–Kier alpha value is -1.99. The van der Waals surface area contributed by atoms with Crippen LogP contribution in [0.1, 0.15) is 11.1 Å². The highest BCUT2D eigenvalue weighted by Crippen LogP contribution is 2.20. The van der Waals surface area contributed by atoms with Gasteiger partial charge in [-0.2, -0.15) is 0 Å². The summed E-state index contributed by atoms with van der Waals surface area (Å²) in [6, 6.07) is 5.28. The number of methoxy groups -OCH3 is 1. The largest absolute Gasteiger partial charge is 0.496 e. The molecule has 0 saturated carbocycles. The number of aliphatic carboxylic acids is 1. The Morgan fingerprint density at radius 1 is 1.53 bits per heavy atom. The molecule has 0 spiro atoms. The second-order valence-corrected chi connectivity index (χ2v) is 3.43. The van der Waals surface area contributed by atoms with E-state index in [4.69, 9.17) is 9.84 Å². The Morgan fingerprint density at radius 2 is 2.29 bits per heavy atom. The average Bonchev–Trinajstić information content (AvgIpc) is 2.30. The van der Waals surface area contributed by atoms with Crippen LogP contribution in [0.3, 0.4) is 0 Å². The second-order valence-electron chi connectivity index (χ2n) is 3.43. The summed E-state index contributed by atoms with van der Waals surface area (Å²) in [6.45, 7) is 0.610. The molecule has 0 heterocycles. The molecule has 17 heavy (non-hydrogen) atoms. The van der Waals surface area contributed by atoms with Gasteiger partial charge in [-0.1, -0.05) is 17.9 Å². The van der Waals surface area contributed by atoms with E-state index in [1.54, 1.807) is 18.2 Å². The molecule has 1 aromatic rings. The highest BCUT2D eigenvalue weighted by atomic mass is 16.5. The van der Waals surface area contributed by atoms with E-state index in [0.717, 1.165) is 5.56 Å². The Balaban J connectivity index is 2.93. The topological polar surface area (TPSA) is 58.6 Å². The lowest BCUT2D eigenvalue weighted by molar-refractivity contribution is -0.136. The van der Waals surface area contributed by atoms with Gasteiger partial charge in [-0.25, -0.2) is 0 Å². The zero-order chi connectivity index (χ0) is 12.7. The quantitative estimate of drug-likeness (QED) is 0.758. The molecule has 0 aliphatic carbocycles. The lowest BCUT2D eigenvalue weighted by Gasteiger charge is -2.06. The summed E-state index contributed by atoms with van der Waals surface area (Å²) in [5.74, 6) is 5.57. The molecule has 4 heteroatoms. The molecule has 0 saturated heterocycles. The molecule has 0 atom stereocenters. The first-order valence-corrected chi connectivity index (χ1v) is 5.19. The fraction of sp³-hybridized carbons (Fsp3) is 0.308. The maximum atomic E-state index is 10.6. The monoisotopic (exact) mass is 233 g/mol. The van der Waals surface area contributed by atoms with Crippen LogP contribution in [0.5, 0.6) is 5.75 Å². The average molecular weight is 233 g/mol. The van der Waals surface area contributed by atoms with E-state index < -0.39 is 5.97 Å². The van der Waals surface area contributed by atoms with Crippen LogP contribution in [-0.4, -0.2) is 31.8 Å². The third kappa shape index (κ3) is 4.17. The summed E-state index contributed by atoms with van der Waals surface area (Å²) in [5.41, 5.74) is 1.46. The lowest BCUT2D eigenvalue weighted by Crippen LogP contribution is -2.04. The Labute approximate surface area is 101 Å². The molecule has 4 nitrogen and oxygen atoms in total. The van der Waals surface area contributed by atoms with Crippen molar-refractivity contribution in [2.24, 2.45) is 0 Å². The third-order valence-corrected chi connectivity index (χ3v) is 2.13. The minimum absolute atomic E-state index is 0.0482. The van der Waals surface area contributed by atoms with Crippen molar-refractivity contribution in [1.82, 2.24) is 5.32 Å². The fourth-order valence-corrected chi connectivity index (χ4v) is 1.37. The van der Waals surface area contributed by atoms with E-state index >= 15 is 0 Å². The Morgan fingerprint density at radius 3 is 2.88 bits per heavy atom. The number of benzene rings is 1. The molecular formula is C13H15NO3. The van der Waals surface area contributed by atoms with Crippen molar-refractivity contribution in [2.45, 2.75) is 6.42 Å². The fourth-order valence-electron chi connectivity index (χ4n) is 1.37. The SMILES string of the molecule is CNCC#Cc1ccc(CC(=O)O)c(OC)c1. The molecule has 0 fully saturated rings. The van der Waals surface area contributed by atoms with Gasteiger partial charge in [-0.3, -0.25) is 4.79 Å². The van der Waals surface area contributed by atoms with E-state index in [1.165, 1.54) is 7.11 Å². The highest BCUT2D eigenvalue weighted by molar-refractivity contribution is 5.71. The predicted molar refractivity (Wildman–Crippen MR) is 65.1 cm³/mol. The number of hydrogen-bond donors (Lipinski definition) is 2. The van der Waals surface area contributed by atoms with Crippen molar-refractivity contribution in [1.29, 1.82) is 0 Å². The smallest absolute Gasteiger partial charge is 0.307 e. The van der Waals surface area contributed by atoms with Crippen LogP contribution in [0, 0.1) is 11.8 Å². The van der Waals surface area contributed by atoms with E-state index in [2.05, 4.69) is 17.2 Å². The maximum Gasteiger partial charge on any atom is 0.307 e. The number of carboxylic acids is 1. The van der Waals surface area contributed by atoms with Crippen molar-refractivity contribution < 1.29 is 14.6 Å². The van der Waals surface area contributed by atoms with Gasteiger partial charge in [-0.05, 0) is 19.2 Å². The molecule has 0 aliphatic rings. The van der Waals surface area contributed by atoms with Crippen molar-refractivity contribution in [3.8, 4) is 17.6 Å². The molecule has 0 aromatic heterocycles. The molecule has 1 aromatic carbocycles. The van der Waals surface area contributed by atoms with Crippen LogP contribution in [0.25, 0.3) is 0 Å². The van der Waals surface area contributed by atoms with E-state index in [-0.39, 0.29) is 6.42 Å².